The number of rotatable bonds is 11. The maximum Gasteiger partial charge on any atom is 0.316 e. The Kier molecular flexibility index (Phi) is 9.98. The van der Waals surface area contributed by atoms with Gasteiger partial charge in [0.25, 0.3) is 11.6 Å². The number of hydrogen-bond acceptors (Lipinski definition) is 10. The highest BCUT2D eigenvalue weighted by atomic mass is 32.2. The summed E-state index contributed by atoms with van der Waals surface area (Å²) in [6.07, 6.45) is 0. The quantitative estimate of drug-likeness (QED) is 0.184. The Hall–Kier alpha value is -3.51. The lowest BCUT2D eigenvalue weighted by atomic mass is 10.1. The van der Waals surface area contributed by atoms with E-state index in [9.17, 15) is 19.7 Å². The Labute approximate surface area is 219 Å². The molecule has 37 heavy (non-hydrogen) atoms. The average molecular weight is 534 g/mol. The average Bonchev–Trinajstić information content (AvgIpc) is 2.91. The van der Waals surface area contributed by atoms with Crippen LogP contribution in [0.1, 0.15) is 22.8 Å². The van der Waals surface area contributed by atoms with Crippen LogP contribution in [0, 0.1) is 10.1 Å². The highest BCUT2D eigenvalue weighted by molar-refractivity contribution is 8.00. The van der Waals surface area contributed by atoms with Crippen LogP contribution in [0.4, 0.5) is 5.69 Å². The summed E-state index contributed by atoms with van der Waals surface area (Å²) in [6.45, 7) is 4.73. The first-order chi connectivity index (χ1) is 17.8. The number of nitro groups is 1. The summed E-state index contributed by atoms with van der Waals surface area (Å²) in [5, 5.41) is 11.6. The number of esters is 1. The fourth-order valence-electron chi connectivity index (χ4n) is 4.07. The molecule has 0 N–H and O–H groups in total. The number of carbonyl (C=O) groups excluding carboxylic acids is 2. The topological polar surface area (TPSA) is 121 Å². The number of hydrogen-bond donors (Lipinski definition) is 0. The normalized spacial score (nSPS) is 13.7. The van der Waals surface area contributed by atoms with Crippen LogP contribution in [0.15, 0.2) is 35.2 Å². The van der Waals surface area contributed by atoms with Gasteiger partial charge in [-0.25, -0.2) is 0 Å². The molecule has 2 aromatic rings. The van der Waals surface area contributed by atoms with Gasteiger partial charge in [0.2, 0.25) is 5.75 Å². The molecule has 1 aliphatic heterocycles. The number of amides is 1. The van der Waals surface area contributed by atoms with E-state index in [4.69, 9.17) is 18.9 Å². The van der Waals surface area contributed by atoms with Gasteiger partial charge in [-0.1, -0.05) is 6.07 Å². The maximum atomic E-state index is 13.1. The molecule has 1 aliphatic rings. The van der Waals surface area contributed by atoms with Crippen molar-refractivity contribution in [2.45, 2.75) is 18.4 Å². The molecule has 3 rings (SSSR count). The summed E-state index contributed by atoms with van der Waals surface area (Å²) in [7, 11) is 4.71. The molecular formula is C25H31N3O8S. The number of carbonyl (C=O) groups is 2. The van der Waals surface area contributed by atoms with Crippen molar-refractivity contribution in [3.63, 3.8) is 0 Å². The SMILES string of the molecule is CCOC(=O)CSc1ccc(C(=O)N2CCN(Cc3ccc(OC)c(OC)c3OC)CC2)cc1[N+](=O)[O-]. The predicted octanol–water partition coefficient (Wildman–Crippen LogP) is 3.23. The third kappa shape index (κ3) is 6.83. The second-order valence-electron chi connectivity index (χ2n) is 8.10. The van der Waals surface area contributed by atoms with E-state index in [2.05, 4.69) is 4.90 Å². The summed E-state index contributed by atoms with van der Waals surface area (Å²) >= 11 is 1.01. The molecule has 12 heteroatoms. The molecule has 0 bridgehead atoms. The maximum absolute atomic E-state index is 13.1. The van der Waals surface area contributed by atoms with E-state index in [1.807, 2.05) is 12.1 Å². The van der Waals surface area contributed by atoms with E-state index >= 15 is 0 Å². The lowest BCUT2D eigenvalue weighted by Crippen LogP contribution is -2.48. The predicted molar refractivity (Wildman–Crippen MR) is 138 cm³/mol. The van der Waals surface area contributed by atoms with Gasteiger partial charge in [-0.2, -0.15) is 0 Å². The Morgan fingerprint density at radius 3 is 2.30 bits per heavy atom. The van der Waals surface area contributed by atoms with Gasteiger partial charge in [0.05, 0.1) is 43.5 Å². The Bertz CT molecular complexity index is 1140. The third-order valence-electron chi connectivity index (χ3n) is 5.89. The number of piperazine rings is 1. The molecule has 11 nitrogen and oxygen atoms in total. The van der Waals surface area contributed by atoms with Crippen LogP contribution < -0.4 is 14.2 Å². The van der Waals surface area contributed by atoms with Crippen LogP contribution in [-0.2, 0) is 16.1 Å². The summed E-state index contributed by atoms with van der Waals surface area (Å²) in [5.74, 6) is 0.946. The minimum absolute atomic E-state index is 0.0468. The van der Waals surface area contributed by atoms with Gasteiger partial charge in [-0.05, 0) is 25.1 Å². The van der Waals surface area contributed by atoms with E-state index in [1.165, 1.54) is 12.1 Å². The number of nitro benzene ring substituents is 1. The van der Waals surface area contributed by atoms with Gasteiger partial charge in [0.15, 0.2) is 11.5 Å². The molecule has 0 radical (unpaired) electrons. The van der Waals surface area contributed by atoms with Crippen molar-refractivity contribution in [1.29, 1.82) is 0 Å². The molecule has 0 saturated carbocycles. The largest absolute Gasteiger partial charge is 0.493 e. The highest BCUT2D eigenvalue weighted by Crippen LogP contribution is 2.40. The molecule has 0 spiro atoms. The van der Waals surface area contributed by atoms with Crippen LogP contribution in [0.5, 0.6) is 17.2 Å². The molecule has 2 aromatic carbocycles. The number of methoxy groups -OCH3 is 3. The lowest BCUT2D eigenvalue weighted by Gasteiger charge is -2.35. The minimum atomic E-state index is -0.543. The molecule has 1 heterocycles. The number of ether oxygens (including phenoxy) is 4. The summed E-state index contributed by atoms with van der Waals surface area (Å²) < 4.78 is 21.3. The lowest BCUT2D eigenvalue weighted by molar-refractivity contribution is -0.387. The van der Waals surface area contributed by atoms with Crippen molar-refractivity contribution in [3.05, 3.63) is 51.6 Å². The number of thioether (sulfide) groups is 1. The second kappa shape index (κ2) is 13.2. The van der Waals surface area contributed by atoms with Crippen LogP contribution in [0.2, 0.25) is 0 Å². The van der Waals surface area contributed by atoms with Crippen LogP contribution >= 0.6 is 11.8 Å². The van der Waals surface area contributed by atoms with Gasteiger partial charge in [0, 0.05) is 49.9 Å². The number of benzene rings is 2. The summed E-state index contributed by atoms with van der Waals surface area (Å²) in [5.41, 5.74) is 0.966. The zero-order valence-corrected chi connectivity index (χ0v) is 22.2. The van der Waals surface area contributed by atoms with E-state index < -0.39 is 10.9 Å². The zero-order chi connectivity index (χ0) is 26.9. The van der Waals surface area contributed by atoms with Gasteiger partial charge < -0.3 is 23.8 Å². The highest BCUT2D eigenvalue weighted by Gasteiger charge is 2.26. The van der Waals surface area contributed by atoms with Crippen LogP contribution in [0.3, 0.4) is 0 Å². The summed E-state index contributed by atoms with van der Waals surface area (Å²) in [4.78, 5) is 40.0. The standard InChI is InChI=1S/C25H31N3O8S/c1-5-36-22(29)16-37-21-9-7-17(14-19(21)28(31)32)25(30)27-12-10-26(11-13-27)15-18-6-8-20(33-2)24(35-4)23(18)34-3/h6-9,14H,5,10-13,15-16H2,1-4H3. The first kappa shape index (κ1) is 28.1. The fourth-order valence-corrected chi connectivity index (χ4v) is 4.88. The molecule has 0 unspecified atom stereocenters. The minimum Gasteiger partial charge on any atom is -0.493 e. The molecule has 1 amide bonds. The van der Waals surface area contributed by atoms with Gasteiger partial charge in [-0.3, -0.25) is 24.6 Å². The number of nitrogens with zero attached hydrogens (tertiary/aromatic N) is 3. The third-order valence-corrected chi connectivity index (χ3v) is 6.93. The van der Waals surface area contributed by atoms with Crippen molar-refractivity contribution in [2.24, 2.45) is 0 Å². The first-order valence-electron chi connectivity index (χ1n) is 11.7. The van der Waals surface area contributed by atoms with Crippen LogP contribution in [-0.4, -0.2) is 86.5 Å². The van der Waals surface area contributed by atoms with Gasteiger partial charge in [0.1, 0.15) is 0 Å². The summed E-state index contributed by atoms with van der Waals surface area (Å²) in [6, 6.07) is 8.10. The smallest absolute Gasteiger partial charge is 0.316 e. The molecule has 1 fully saturated rings. The second-order valence-corrected chi connectivity index (χ2v) is 9.11. The Morgan fingerprint density at radius 2 is 1.70 bits per heavy atom. The van der Waals surface area contributed by atoms with Crippen molar-refractivity contribution in [1.82, 2.24) is 9.80 Å². The van der Waals surface area contributed by atoms with Crippen LogP contribution in [0.25, 0.3) is 0 Å². The van der Waals surface area contributed by atoms with Crippen molar-refractivity contribution in [3.8, 4) is 17.2 Å². The molecular weight excluding hydrogens is 502 g/mol. The first-order valence-corrected chi connectivity index (χ1v) is 12.7. The molecule has 0 aliphatic carbocycles. The Balaban J connectivity index is 1.65. The molecule has 0 aromatic heterocycles. The van der Waals surface area contributed by atoms with Crippen molar-refractivity contribution >= 4 is 29.3 Å². The monoisotopic (exact) mass is 533 g/mol. The van der Waals surface area contributed by atoms with Crippen molar-refractivity contribution in [2.75, 3.05) is 59.9 Å². The molecule has 200 valence electrons. The van der Waals surface area contributed by atoms with Gasteiger partial charge in [-0.15, -0.1) is 11.8 Å². The van der Waals surface area contributed by atoms with E-state index in [0.717, 1.165) is 17.3 Å². The zero-order valence-electron chi connectivity index (χ0n) is 21.4. The molecule has 0 atom stereocenters. The van der Waals surface area contributed by atoms with Crippen molar-refractivity contribution < 1.29 is 33.5 Å². The van der Waals surface area contributed by atoms with E-state index in [1.54, 1.807) is 39.2 Å². The van der Waals surface area contributed by atoms with Gasteiger partial charge >= 0.3 is 5.97 Å². The fraction of sp³-hybridized carbons (Fsp3) is 0.440. The van der Waals surface area contributed by atoms with E-state index in [-0.39, 0.29) is 29.5 Å². The molecule has 1 saturated heterocycles. The van der Waals surface area contributed by atoms with E-state index in [0.29, 0.717) is 54.9 Å². The Morgan fingerprint density at radius 1 is 1.00 bits per heavy atom.